The molecular formula is C10H24N2O3S. The second-order valence-electron chi connectivity index (χ2n) is 4.61. The SMILES string of the molecule is CC(C)OC(CN(C)C)CN(C)S(C)(=O)=O. The summed E-state index contributed by atoms with van der Waals surface area (Å²) in [6.07, 6.45) is 1.20. The first-order valence-corrected chi connectivity index (χ1v) is 7.19. The molecule has 98 valence electrons. The largest absolute Gasteiger partial charge is 0.373 e. The van der Waals surface area contributed by atoms with Gasteiger partial charge in [-0.1, -0.05) is 0 Å². The van der Waals surface area contributed by atoms with Gasteiger partial charge in [0.05, 0.1) is 18.5 Å². The third kappa shape index (κ3) is 7.16. The summed E-state index contributed by atoms with van der Waals surface area (Å²) in [5, 5.41) is 0. The van der Waals surface area contributed by atoms with Crippen molar-refractivity contribution in [3.05, 3.63) is 0 Å². The average molecular weight is 252 g/mol. The van der Waals surface area contributed by atoms with Crippen LogP contribution in [0.3, 0.4) is 0 Å². The Labute approximate surface area is 99.4 Å². The summed E-state index contributed by atoms with van der Waals surface area (Å²) >= 11 is 0. The fourth-order valence-corrected chi connectivity index (χ4v) is 1.80. The fourth-order valence-electron chi connectivity index (χ4n) is 1.36. The standard InChI is InChI=1S/C10H24N2O3S/c1-9(2)15-10(7-11(3)4)8-12(5)16(6,13)14/h9-10H,7-8H2,1-6H3. The molecule has 0 aromatic carbocycles. The van der Waals surface area contributed by atoms with E-state index in [1.807, 2.05) is 32.8 Å². The van der Waals surface area contributed by atoms with Crippen LogP contribution in [0.25, 0.3) is 0 Å². The summed E-state index contributed by atoms with van der Waals surface area (Å²) in [4.78, 5) is 1.99. The van der Waals surface area contributed by atoms with Crippen LogP contribution in [0.2, 0.25) is 0 Å². The van der Waals surface area contributed by atoms with E-state index in [0.717, 1.165) is 0 Å². The molecule has 0 aliphatic heterocycles. The number of rotatable bonds is 7. The van der Waals surface area contributed by atoms with Gasteiger partial charge in [0, 0.05) is 20.1 Å². The number of hydrogen-bond donors (Lipinski definition) is 0. The Hall–Kier alpha value is -0.170. The molecule has 0 spiro atoms. The van der Waals surface area contributed by atoms with Crippen molar-refractivity contribution >= 4 is 10.0 Å². The Morgan fingerprint density at radius 3 is 1.94 bits per heavy atom. The van der Waals surface area contributed by atoms with E-state index < -0.39 is 10.0 Å². The van der Waals surface area contributed by atoms with Crippen LogP contribution in [0, 0.1) is 0 Å². The lowest BCUT2D eigenvalue weighted by atomic mass is 10.3. The maximum absolute atomic E-state index is 11.3. The molecule has 0 aromatic rings. The average Bonchev–Trinajstić information content (AvgIpc) is 1.98. The molecule has 0 saturated heterocycles. The lowest BCUT2D eigenvalue weighted by Gasteiger charge is -2.27. The van der Waals surface area contributed by atoms with Crippen LogP contribution in [0.1, 0.15) is 13.8 Å². The second kappa shape index (κ2) is 6.54. The van der Waals surface area contributed by atoms with Gasteiger partial charge in [-0.2, -0.15) is 0 Å². The van der Waals surface area contributed by atoms with E-state index in [1.54, 1.807) is 7.05 Å². The van der Waals surface area contributed by atoms with Crippen LogP contribution in [0.4, 0.5) is 0 Å². The smallest absolute Gasteiger partial charge is 0.211 e. The normalized spacial score (nSPS) is 15.1. The number of ether oxygens (including phenoxy) is 1. The first-order valence-electron chi connectivity index (χ1n) is 5.34. The number of nitrogens with zero attached hydrogens (tertiary/aromatic N) is 2. The van der Waals surface area contributed by atoms with Crippen molar-refractivity contribution in [2.24, 2.45) is 0 Å². The summed E-state index contributed by atoms with van der Waals surface area (Å²) in [5.41, 5.74) is 0. The highest BCUT2D eigenvalue weighted by Gasteiger charge is 2.19. The summed E-state index contributed by atoms with van der Waals surface area (Å²) < 4.78 is 29.6. The van der Waals surface area contributed by atoms with Crippen molar-refractivity contribution in [2.75, 3.05) is 40.5 Å². The predicted molar refractivity (Wildman–Crippen MR) is 66.0 cm³/mol. The molecule has 0 amide bonds. The minimum absolute atomic E-state index is 0.0953. The Morgan fingerprint density at radius 2 is 1.62 bits per heavy atom. The van der Waals surface area contributed by atoms with Gasteiger partial charge in [0.2, 0.25) is 10.0 Å². The molecule has 16 heavy (non-hydrogen) atoms. The van der Waals surface area contributed by atoms with Gasteiger partial charge in [-0.25, -0.2) is 12.7 Å². The van der Waals surface area contributed by atoms with E-state index in [0.29, 0.717) is 13.1 Å². The highest BCUT2D eigenvalue weighted by Crippen LogP contribution is 2.04. The molecule has 0 radical (unpaired) electrons. The van der Waals surface area contributed by atoms with Crippen molar-refractivity contribution in [1.29, 1.82) is 0 Å². The summed E-state index contributed by atoms with van der Waals surface area (Å²) in [6.45, 7) is 4.99. The van der Waals surface area contributed by atoms with Gasteiger partial charge in [-0.3, -0.25) is 0 Å². The zero-order chi connectivity index (χ0) is 12.9. The highest BCUT2D eigenvalue weighted by atomic mass is 32.2. The van der Waals surface area contributed by atoms with Gasteiger partial charge in [-0.05, 0) is 27.9 Å². The molecule has 1 atom stereocenters. The maximum Gasteiger partial charge on any atom is 0.211 e. The molecular weight excluding hydrogens is 228 g/mol. The van der Waals surface area contributed by atoms with Crippen LogP contribution in [-0.4, -0.2) is 70.3 Å². The monoisotopic (exact) mass is 252 g/mol. The van der Waals surface area contributed by atoms with Gasteiger partial charge in [0.25, 0.3) is 0 Å². The second-order valence-corrected chi connectivity index (χ2v) is 6.70. The van der Waals surface area contributed by atoms with Crippen molar-refractivity contribution in [3.8, 4) is 0 Å². The maximum atomic E-state index is 11.3. The first kappa shape index (κ1) is 15.8. The molecule has 0 rings (SSSR count). The first-order chi connectivity index (χ1) is 7.12. The zero-order valence-electron chi connectivity index (χ0n) is 11.1. The molecule has 0 aliphatic carbocycles. The molecule has 6 heteroatoms. The van der Waals surface area contributed by atoms with Gasteiger partial charge in [0.1, 0.15) is 0 Å². The van der Waals surface area contributed by atoms with E-state index >= 15 is 0 Å². The van der Waals surface area contributed by atoms with Crippen molar-refractivity contribution in [3.63, 3.8) is 0 Å². The summed E-state index contributed by atoms with van der Waals surface area (Å²) in [6, 6.07) is 0. The molecule has 5 nitrogen and oxygen atoms in total. The van der Waals surface area contributed by atoms with E-state index in [4.69, 9.17) is 4.74 Å². The Balaban J connectivity index is 4.42. The highest BCUT2D eigenvalue weighted by molar-refractivity contribution is 7.88. The molecule has 0 aliphatic rings. The van der Waals surface area contributed by atoms with E-state index in [2.05, 4.69) is 0 Å². The van der Waals surface area contributed by atoms with Gasteiger partial charge < -0.3 is 9.64 Å². The van der Waals surface area contributed by atoms with Gasteiger partial charge in [-0.15, -0.1) is 0 Å². The third-order valence-electron chi connectivity index (χ3n) is 2.06. The quantitative estimate of drug-likeness (QED) is 0.651. The Kier molecular flexibility index (Phi) is 6.47. The lowest BCUT2D eigenvalue weighted by Crippen LogP contribution is -2.41. The van der Waals surface area contributed by atoms with Crippen LogP contribution < -0.4 is 0 Å². The molecule has 0 saturated carbocycles. The lowest BCUT2D eigenvalue weighted by molar-refractivity contribution is -0.0112. The van der Waals surface area contributed by atoms with E-state index in [-0.39, 0.29) is 12.2 Å². The number of sulfonamides is 1. The minimum Gasteiger partial charge on any atom is -0.373 e. The third-order valence-corrected chi connectivity index (χ3v) is 3.34. The Bertz CT molecular complexity index is 278. The van der Waals surface area contributed by atoms with Crippen LogP contribution in [0.5, 0.6) is 0 Å². The van der Waals surface area contributed by atoms with Gasteiger partial charge in [0.15, 0.2) is 0 Å². The van der Waals surface area contributed by atoms with Crippen molar-refractivity contribution < 1.29 is 13.2 Å². The van der Waals surface area contributed by atoms with E-state index in [9.17, 15) is 8.42 Å². The molecule has 0 heterocycles. The summed E-state index contributed by atoms with van der Waals surface area (Å²) in [7, 11) is 2.32. The molecule has 0 fully saturated rings. The van der Waals surface area contributed by atoms with Crippen LogP contribution in [0.15, 0.2) is 0 Å². The van der Waals surface area contributed by atoms with Crippen molar-refractivity contribution in [2.45, 2.75) is 26.1 Å². The molecule has 0 aromatic heterocycles. The molecule has 0 N–H and O–H groups in total. The topological polar surface area (TPSA) is 49.9 Å². The Morgan fingerprint density at radius 1 is 1.12 bits per heavy atom. The predicted octanol–water partition coefficient (Wildman–Crippen LogP) is 0.233. The van der Waals surface area contributed by atoms with E-state index in [1.165, 1.54) is 10.6 Å². The van der Waals surface area contributed by atoms with Crippen LogP contribution >= 0.6 is 0 Å². The van der Waals surface area contributed by atoms with Crippen molar-refractivity contribution in [1.82, 2.24) is 9.21 Å². The van der Waals surface area contributed by atoms with Crippen LogP contribution in [-0.2, 0) is 14.8 Å². The molecule has 0 bridgehead atoms. The number of hydrogen-bond acceptors (Lipinski definition) is 4. The van der Waals surface area contributed by atoms with Gasteiger partial charge >= 0.3 is 0 Å². The fraction of sp³-hybridized carbons (Fsp3) is 1.00. The minimum atomic E-state index is -3.13. The number of likely N-dealkylation sites (N-methyl/N-ethyl adjacent to an activating group) is 2. The summed E-state index contributed by atoms with van der Waals surface area (Å²) in [5.74, 6) is 0. The molecule has 1 unspecified atom stereocenters. The zero-order valence-corrected chi connectivity index (χ0v) is 11.9.